The lowest BCUT2D eigenvalue weighted by atomic mass is 10.2. The molecule has 26 heavy (non-hydrogen) atoms. The number of aromatic nitrogens is 2. The van der Waals surface area contributed by atoms with Crippen LogP contribution in [0.25, 0.3) is 0 Å². The first-order valence-corrected chi connectivity index (χ1v) is 7.54. The molecule has 0 spiro atoms. The summed E-state index contributed by atoms with van der Waals surface area (Å²) in [6.45, 7) is 0.147. The summed E-state index contributed by atoms with van der Waals surface area (Å²) in [5, 5.41) is 14.6. The number of nitrogen functional groups attached to an aromatic ring is 1. The SMILES string of the molecule is NC(=NN=Cc1ccc(OCc2ccccc2F)cc1)c1nonc1N. The van der Waals surface area contributed by atoms with Crippen LogP contribution in [0.5, 0.6) is 5.75 Å². The summed E-state index contributed by atoms with van der Waals surface area (Å²) >= 11 is 0. The van der Waals surface area contributed by atoms with Gasteiger partial charge in [0, 0.05) is 5.56 Å². The number of ether oxygens (including phenoxy) is 1. The first kappa shape index (κ1) is 17.1. The Kier molecular flexibility index (Phi) is 5.18. The number of hydrogen-bond acceptors (Lipinski definition) is 7. The third-order valence-electron chi connectivity index (χ3n) is 3.36. The van der Waals surface area contributed by atoms with Crippen LogP contribution < -0.4 is 16.2 Å². The van der Waals surface area contributed by atoms with E-state index in [4.69, 9.17) is 16.2 Å². The predicted octanol–water partition coefficient (Wildman–Crippen LogP) is 2.11. The van der Waals surface area contributed by atoms with E-state index in [2.05, 4.69) is 25.1 Å². The number of benzene rings is 2. The number of nitrogens with two attached hydrogens (primary N) is 2. The highest BCUT2D eigenvalue weighted by Crippen LogP contribution is 2.15. The van der Waals surface area contributed by atoms with Crippen LogP contribution in [0, 0.1) is 5.82 Å². The molecule has 1 heterocycles. The Morgan fingerprint density at radius 1 is 1.15 bits per heavy atom. The van der Waals surface area contributed by atoms with Crippen LogP contribution in [-0.4, -0.2) is 22.4 Å². The lowest BCUT2D eigenvalue weighted by Crippen LogP contribution is -2.15. The summed E-state index contributed by atoms with van der Waals surface area (Å²) in [6.07, 6.45) is 1.50. The van der Waals surface area contributed by atoms with Crippen molar-refractivity contribution in [2.75, 3.05) is 5.73 Å². The molecule has 0 unspecified atom stereocenters. The van der Waals surface area contributed by atoms with Crippen LogP contribution >= 0.6 is 0 Å². The van der Waals surface area contributed by atoms with Gasteiger partial charge in [-0.3, -0.25) is 0 Å². The average Bonchev–Trinajstić information content (AvgIpc) is 3.08. The zero-order valence-corrected chi connectivity index (χ0v) is 13.5. The molecule has 0 aliphatic heterocycles. The molecule has 0 radical (unpaired) electrons. The number of anilines is 1. The van der Waals surface area contributed by atoms with Crippen LogP contribution in [0.3, 0.4) is 0 Å². The highest BCUT2D eigenvalue weighted by molar-refractivity contribution is 5.99. The molecule has 9 heteroatoms. The van der Waals surface area contributed by atoms with Crippen LogP contribution in [0.15, 0.2) is 63.4 Å². The van der Waals surface area contributed by atoms with Gasteiger partial charge in [0.15, 0.2) is 17.3 Å². The van der Waals surface area contributed by atoms with Crippen molar-refractivity contribution in [3.05, 3.63) is 71.2 Å². The van der Waals surface area contributed by atoms with Gasteiger partial charge in [0.2, 0.25) is 0 Å². The van der Waals surface area contributed by atoms with Crippen molar-refractivity contribution in [2.24, 2.45) is 15.9 Å². The van der Waals surface area contributed by atoms with Crippen molar-refractivity contribution in [3.8, 4) is 5.75 Å². The topological polar surface area (TPSA) is 125 Å². The van der Waals surface area contributed by atoms with Crippen LogP contribution in [-0.2, 0) is 6.61 Å². The van der Waals surface area contributed by atoms with Gasteiger partial charge in [-0.15, -0.1) is 5.10 Å². The lowest BCUT2D eigenvalue weighted by molar-refractivity contribution is 0.300. The summed E-state index contributed by atoms with van der Waals surface area (Å²) in [4.78, 5) is 0. The molecule has 0 aliphatic carbocycles. The standard InChI is InChI=1S/C17H15FN6O2/c18-14-4-2-1-3-12(14)10-25-13-7-5-11(6-8-13)9-21-22-16(19)15-17(20)24-26-23-15/h1-9H,10H2,(H2,19,22)(H2,20,24). The van der Waals surface area contributed by atoms with Crippen LogP contribution in [0.2, 0.25) is 0 Å². The van der Waals surface area contributed by atoms with Gasteiger partial charge >= 0.3 is 0 Å². The Bertz CT molecular complexity index is 936. The van der Waals surface area contributed by atoms with E-state index in [-0.39, 0.29) is 29.8 Å². The number of rotatable bonds is 6. The van der Waals surface area contributed by atoms with E-state index in [9.17, 15) is 4.39 Å². The van der Waals surface area contributed by atoms with Gasteiger partial charge in [0.05, 0.1) is 6.21 Å². The Morgan fingerprint density at radius 2 is 1.92 bits per heavy atom. The van der Waals surface area contributed by atoms with Crippen molar-refractivity contribution in [3.63, 3.8) is 0 Å². The third-order valence-corrected chi connectivity index (χ3v) is 3.36. The monoisotopic (exact) mass is 354 g/mol. The second-order valence-corrected chi connectivity index (χ2v) is 5.18. The highest BCUT2D eigenvalue weighted by Gasteiger charge is 2.09. The molecule has 4 N–H and O–H groups in total. The highest BCUT2D eigenvalue weighted by atomic mass is 19.1. The largest absolute Gasteiger partial charge is 0.489 e. The van der Waals surface area contributed by atoms with Gasteiger partial charge in [0.25, 0.3) is 0 Å². The Morgan fingerprint density at radius 3 is 2.62 bits per heavy atom. The molecular formula is C17H15FN6O2. The number of hydrogen-bond donors (Lipinski definition) is 2. The number of nitrogens with zero attached hydrogens (tertiary/aromatic N) is 4. The van der Waals surface area contributed by atoms with E-state index in [1.807, 2.05) is 0 Å². The van der Waals surface area contributed by atoms with E-state index >= 15 is 0 Å². The maximum atomic E-state index is 13.5. The molecule has 0 amide bonds. The van der Waals surface area contributed by atoms with Gasteiger partial charge in [-0.1, -0.05) is 18.2 Å². The second-order valence-electron chi connectivity index (χ2n) is 5.18. The van der Waals surface area contributed by atoms with Gasteiger partial charge < -0.3 is 16.2 Å². The summed E-state index contributed by atoms with van der Waals surface area (Å²) in [5.41, 5.74) is 12.6. The Labute approximate surface area is 147 Å². The first-order valence-electron chi connectivity index (χ1n) is 7.54. The van der Waals surface area contributed by atoms with Gasteiger partial charge in [-0.05, 0) is 46.2 Å². The zero-order chi connectivity index (χ0) is 18.4. The molecule has 8 nitrogen and oxygen atoms in total. The fourth-order valence-electron chi connectivity index (χ4n) is 2.00. The molecule has 3 aromatic rings. The van der Waals surface area contributed by atoms with Crippen molar-refractivity contribution in [1.29, 1.82) is 0 Å². The van der Waals surface area contributed by atoms with E-state index in [0.29, 0.717) is 11.3 Å². The Balaban J connectivity index is 1.59. The van der Waals surface area contributed by atoms with E-state index in [1.165, 1.54) is 12.3 Å². The summed E-state index contributed by atoms with van der Waals surface area (Å²) < 4.78 is 23.5. The van der Waals surface area contributed by atoms with Crippen molar-refractivity contribution in [2.45, 2.75) is 6.61 Å². The van der Waals surface area contributed by atoms with E-state index in [0.717, 1.165) is 5.56 Å². The molecule has 1 aromatic heterocycles. The number of amidine groups is 1. The van der Waals surface area contributed by atoms with Gasteiger partial charge in [-0.25, -0.2) is 9.02 Å². The van der Waals surface area contributed by atoms with Gasteiger partial charge in [-0.2, -0.15) is 5.10 Å². The van der Waals surface area contributed by atoms with Crippen molar-refractivity contribution in [1.82, 2.24) is 10.3 Å². The summed E-state index contributed by atoms with van der Waals surface area (Å²) in [5.74, 6) is 0.340. The molecule has 2 aromatic carbocycles. The quantitative estimate of drug-likeness (QED) is 0.397. The average molecular weight is 354 g/mol. The summed E-state index contributed by atoms with van der Waals surface area (Å²) in [6, 6.07) is 13.5. The predicted molar refractivity (Wildman–Crippen MR) is 94.2 cm³/mol. The zero-order valence-electron chi connectivity index (χ0n) is 13.5. The molecule has 3 rings (SSSR count). The lowest BCUT2D eigenvalue weighted by Gasteiger charge is -2.07. The second kappa shape index (κ2) is 7.88. The minimum Gasteiger partial charge on any atom is -0.489 e. The van der Waals surface area contributed by atoms with E-state index < -0.39 is 0 Å². The molecule has 0 atom stereocenters. The smallest absolute Gasteiger partial charge is 0.199 e. The summed E-state index contributed by atoms with van der Waals surface area (Å²) in [7, 11) is 0. The molecule has 0 bridgehead atoms. The molecule has 132 valence electrons. The third kappa shape index (κ3) is 4.20. The molecule has 0 saturated heterocycles. The fourth-order valence-corrected chi connectivity index (χ4v) is 2.00. The van der Waals surface area contributed by atoms with Crippen molar-refractivity contribution >= 4 is 17.9 Å². The molecular weight excluding hydrogens is 339 g/mol. The van der Waals surface area contributed by atoms with Crippen LogP contribution in [0.4, 0.5) is 10.2 Å². The normalized spacial score (nSPS) is 11.8. The minimum atomic E-state index is -0.297. The van der Waals surface area contributed by atoms with Crippen LogP contribution in [0.1, 0.15) is 16.8 Å². The molecule has 0 fully saturated rings. The fraction of sp³-hybridized carbons (Fsp3) is 0.0588. The van der Waals surface area contributed by atoms with Gasteiger partial charge in [0.1, 0.15) is 18.2 Å². The Hall–Kier alpha value is -3.75. The van der Waals surface area contributed by atoms with E-state index in [1.54, 1.807) is 42.5 Å². The first-order chi connectivity index (χ1) is 12.6. The molecule has 0 aliphatic rings. The van der Waals surface area contributed by atoms with Crippen molar-refractivity contribution < 1.29 is 13.8 Å². The maximum Gasteiger partial charge on any atom is 0.199 e. The maximum absolute atomic E-state index is 13.5. The minimum absolute atomic E-state index is 0.00941. The molecule has 0 saturated carbocycles. The number of halogens is 1.